The summed E-state index contributed by atoms with van der Waals surface area (Å²) in [6.07, 6.45) is -1.91. The first-order chi connectivity index (χ1) is 12.3. The summed E-state index contributed by atoms with van der Waals surface area (Å²) in [6.45, 7) is 2.27. The molecule has 1 amide bonds. The standard InChI is InChI=1S/C19H18F3NO3/c1-3-26-17-12-13(8-10-16(17)25-2)9-11-18(24)23-15-7-5-4-6-14(15)19(20,21)22/h4-12H,3H2,1-2H3,(H,23,24)/b11-9+. The van der Waals surface area contributed by atoms with E-state index in [2.05, 4.69) is 5.32 Å². The van der Waals surface area contributed by atoms with E-state index in [1.54, 1.807) is 18.2 Å². The molecule has 0 saturated carbocycles. The van der Waals surface area contributed by atoms with Crippen molar-refractivity contribution in [2.75, 3.05) is 19.0 Å². The van der Waals surface area contributed by atoms with Crippen molar-refractivity contribution in [3.63, 3.8) is 0 Å². The third kappa shape index (κ3) is 5.02. The van der Waals surface area contributed by atoms with Crippen LogP contribution in [0.1, 0.15) is 18.1 Å². The van der Waals surface area contributed by atoms with Crippen LogP contribution in [0.5, 0.6) is 11.5 Å². The van der Waals surface area contributed by atoms with Crippen LogP contribution in [0, 0.1) is 0 Å². The quantitative estimate of drug-likeness (QED) is 0.751. The van der Waals surface area contributed by atoms with Crippen LogP contribution in [0.2, 0.25) is 0 Å². The fraction of sp³-hybridized carbons (Fsp3) is 0.211. The first kappa shape index (κ1) is 19.4. The lowest BCUT2D eigenvalue weighted by Crippen LogP contribution is -2.14. The number of carbonyl (C=O) groups is 1. The van der Waals surface area contributed by atoms with Gasteiger partial charge in [-0.1, -0.05) is 18.2 Å². The number of para-hydroxylation sites is 1. The highest BCUT2D eigenvalue weighted by molar-refractivity contribution is 6.02. The maximum atomic E-state index is 12.9. The molecule has 0 radical (unpaired) electrons. The predicted octanol–water partition coefficient (Wildman–Crippen LogP) is 4.76. The molecule has 0 aromatic heterocycles. The molecule has 4 nitrogen and oxygen atoms in total. The Balaban J connectivity index is 2.15. The Kier molecular flexibility index (Phi) is 6.27. The van der Waals surface area contributed by atoms with Crippen molar-refractivity contribution >= 4 is 17.7 Å². The van der Waals surface area contributed by atoms with Gasteiger partial charge in [0.2, 0.25) is 5.91 Å². The van der Waals surface area contributed by atoms with Gasteiger partial charge in [-0.15, -0.1) is 0 Å². The maximum Gasteiger partial charge on any atom is 0.418 e. The second kappa shape index (κ2) is 8.42. The van der Waals surface area contributed by atoms with Gasteiger partial charge in [-0.3, -0.25) is 4.79 Å². The minimum atomic E-state index is -4.55. The largest absolute Gasteiger partial charge is 0.493 e. The van der Waals surface area contributed by atoms with Crippen LogP contribution < -0.4 is 14.8 Å². The Morgan fingerprint density at radius 3 is 2.54 bits per heavy atom. The summed E-state index contributed by atoms with van der Waals surface area (Å²) in [6, 6.07) is 9.87. The van der Waals surface area contributed by atoms with Crippen LogP contribution in [0.25, 0.3) is 6.08 Å². The number of halogens is 3. The van der Waals surface area contributed by atoms with Gasteiger partial charge in [0.15, 0.2) is 11.5 Å². The number of rotatable bonds is 6. The number of ether oxygens (including phenoxy) is 2. The van der Waals surface area contributed by atoms with Gasteiger partial charge in [0.1, 0.15) is 0 Å². The van der Waals surface area contributed by atoms with Crippen LogP contribution >= 0.6 is 0 Å². The van der Waals surface area contributed by atoms with E-state index in [-0.39, 0.29) is 5.69 Å². The zero-order valence-corrected chi connectivity index (χ0v) is 14.3. The smallest absolute Gasteiger partial charge is 0.418 e. The minimum absolute atomic E-state index is 0.292. The Hall–Kier alpha value is -2.96. The lowest BCUT2D eigenvalue weighted by atomic mass is 10.1. The van der Waals surface area contributed by atoms with Crippen LogP contribution in [-0.2, 0) is 11.0 Å². The molecule has 0 atom stereocenters. The molecule has 0 spiro atoms. The third-order valence-corrected chi connectivity index (χ3v) is 3.41. The summed E-state index contributed by atoms with van der Waals surface area (Å²) in [7, 11) is 1.51. The van der Waals surface area contributed by atoms with Crippen LogP contribution in [0.3, 0.4) is 0 Å². The molecule has 2 rings (SSSR count). The summed E-state index contributed by atoms with van der Waals surface area (Å²) in [4.78, 5) is 12.0. The number of hydrogen-bond donors (Lipinski definition) is 1. The van der Waals surface area contributed by atoms with Crippen molar-refractivity contribution < 1.29 is 27.4 Å². The normalized spacial score (nSPS) is 11.4. The van der Waals surface area contributed by atoms with Crippen molar-refractivity contribution in [1.29, 1.82) is 0 Å². The Morgan fingerprint density at radius 1 is 1.15 bits per heavy atom. The molecule has 0 unspecified atom stereocenters. The maximum absolute atomic E-state index is 12.9. The molecule has 0 bridgehead atoms. The topological polar surface area (TPSA) is 47.6 Å². The molecule has 0 saturated heterocycles. The van der Waals surface area contributed by atoms with Crippen molar-refractivity contribution in [2.24, 2.45) is 0 Å². The summed E-state index contributed by atoms with van der Waals surface area (Å²) >= 11 is 0. The number of carbonyl (C=O) groups excluding carboxylic acids is 1. The highest BCUT2D eigenvalue weighted by Crippen LogP contribution is 2.34. The lowest BCUT2D eigenvalue weighted by molar-refractivity contribution is -0.136. The van der Waals surface area contributed by atoms with E-state index in [0.29, 0.717) is 23.7 Å². The number of alkyl halides is 3. The molecule has 0 fully saturated rings. The second-order valence-electron chi connectivity index (χ2n) is 5.21. The molecular weight excluding hydrogens is 347 g/mol. The van der Waals surface area contributed by atoms with E-state index < -0.39 is 17.6 Å². The third-order valence-electron chi connectivity index (χ3n) is 3.41. The molecule has 2 aromatic carbocycles. The van der Waals surface area contributed by atoms with E-state index in [0.717, 1.165) is 12.1 Å². The SMILES string of the molecule is CCOc1cc(/C=C/C(=O)Nc2ccccc2C(F)(F)F)ccc1OC. The molecule has 1 N–H and O–H groups in total. The first-order valence-corrected chi connectivity index (χ1v) is 7.81. The lowest BCUT2D eigenvalue weighted by Gasteiger charge is -2.12. The Bertz CT molecular complexity index is 801. The molecule has 0 aliphatic rings. The molecule has 2 aromatic rings. The van der Waals surface area contributed by atoms with E-state index in [1.165, 1.54) is 31.4 Å². The van der Waals surface area contributed by atoms with Gasteiger partial charge < -0.3 is 14.8 Å². The fourth-order valence-electron chi connectivity index (χ4n) is 2.25. The Labute approximate surface area is 149 Å². The van der Waals surface area contributed by atoms with Crippen LogP contribution in [0.15, 0.2) is 48.5 Å². The highest BCUT2D eigenvalue weighted by atomic mass is 19.4. The number of anilines is 1. The predicted molar refractivity (Wildman–Crippen MR) is 93.3 cm³/mol. The van der Waals surface area contributed by atoms with Gasteiger partial charge >= 0.3 is 6.18 Å². The number of methoxy groups -OCH3 is 1. The van der Waals surface area contributed by atoms with Gasteiger partial charge in [-0.25, -0.2) is 0 Å². The van der Waals surface area contributed by atoms with Gasteiger partial charge in [0, 0.05) is 6.08 Å². The van der Waals surface area contributed by atoms with Crippen molar-refractivity contribution in [1.82, 2.24) is 0 Å². The summed E-state index contributed by atoms with van der Waals surface area (Å²) in [5.74, 6) is 0.392. The molecule has 0 aliphatic carbocycles. The molecule has 0 aliphatic heterocycles. The number of hydrogen-bond acceptors (Lipinski definition) is 3. The second-order valence-corrected chi connectivity index (χ2v) is 5.21. The van der Waals surface area contributed by atoms with Crippen molar-refractivity contribution in [2.45, 2.75) is 13.1 Å². The fourth-order valence-corrected chi connectivity index (χ4v) is 2.25. The molecule has 138 valence electrons. The number of amides is 1. The van der Waals surface area contributed by atoms with E-state index >= 15 is 0 Å². The molecule has 7 heteroatoms. The monoisotopic (exact) mass is 365 g/mol. The summed E-state index contributed by atoms with van der Waals surface area (Å²) in [5, 5.41) is 2.25. The number of nitrogens with one attached hydrogen (secondary N) is 1. The number of benzene rings is 2. The summed E-state index contributed by atoms with van der Waals surface area (Å²) < 4.78 is 49.4. The van der Waals surface area contributed by atoms with Crippen LogP contribution in [0.4, 0.5) is 18.9 Å². The average Bonchev–Trinajstić information content (AvgIpc) is 2.60. The first-order valence-electron chi connectivity index (χ1n) is 7.81. The van der Waals surface area contributed by atoms with E-state index in [9.17, 15) is 18.0 Å². The molecule has 26 heavy (non-hydrogen) atoms. The molecular formula is C19H18F3NO3. The Morgan fingerprint density at radius 2 is 1.88 bits per heavy atom. The summed E-state index contributed by atoms with van der Waals surface area (Å²) in [5.41, 5.74) is -0.544. The van der Waals surface area contributed by atoms with E-state index in [1.807, 2.05) is 6.92 Å². The van der Waals surface area contributed by atoms with Crippen molar-refractivity contribution in [3.8, 4) is 11.5 Å². The van der Waals surface area contributed by atoms with E-state index in [4.69, 9.17) is 9.47 Å². The minimum Gasteiger partial charge on any atom is -0.493 e. The highest BCUT2D eigenvalue weighted by Gasteiger charge is 2.33. The zero-order valence-electron chi connectivity index (χ0n) is 14.3. The molecule has 0 heterocycles. The zero-order chi connectivity index (χ0) is 19.2. The van der Waals surface area contributed by atoms with Gasteiger partial charge in [-0.05, 0) is 42.8 Å². The van der Waals surface area contributed by atoms with Crippen LogP contribution in [-0.4, -0.2) is 19.6 Å². The van der Waals surface area contributed by atoms with Gasteiger partial charge in [-0.2, -0.15) is 13.2 Å². The van der Waals surface area contributed by atoms with Gasteiger partial charge in [0.05, 0.1) is 25.0 Å². The average molecular weight is 365 g/mol. The van der Waals surface area contributed by atoms with Crippen molar-refractivity contribution in [3.05, 3.63) is 59.7 Å². The van der Waals surface area contributed by atoms with Gasteiger partial charge in [0.25, 0.3) is 0 Å².